The number of aromatic hydroxyl groups is 1. The quantitative estimate of drug-likeness (QED) is 0.410. The lowest BCUT2D eigenvalue weighted by Gasteiger charge is -2.51. The van der Waals surface area contributed by atoms with E-state index < -0.39 is 0 Å². The van der Waals surface area contributed by atoms with Crippen LogP contribution in [0.2, 0.25) is 10.0 Å². The highest BCUT2D eigenvalue weighted by Gasteiger charge is 2.59. The largest absolute Gasteiger partial charge is 0.505 e. The topological polar surface area (TPSA) is 91.7 Å². The van der Waals surface area contributed by atoms with Crippen LogP contribution in [0, 0.1) is 35.0 Å². The van der Waals surface area contributed by atoms with E-state index in [0.29, 0.717) is 33.4 Å². The highest BCUT2D eigenvalue weighted by molar-refractivity contribution is 7.15. The number of fused-ring (bicyclic) bond motifs is 5. The first-order valence-corrected chi connectivity index (χ1v) is 13.5. The molecule has 6 atom stereocenters. The highest BCUT2D eigenvalue weighted by Crippen LogP contribution is 2.64. The summed E-state index contributed by atoms with van der Waals surface area (Å²) in [4.78, 5) is 29.8. The van der Waals surface area contributed by atoms with Crippen LogP contribution in [0.1, 0.15) is 67.4 Å². The van der Waals surface area contributed by atoms with Gasteiger partial charge in [0.1, 0.15) is 0 Å². The molecule has 34 heavy (non-hydrogen) atoms. The Morgan fingerprint density at radius 1 is 1.38 bits per heavy atom. The second-order valence-corrected chi connectivity index (χ2v) is 12.5. The zero-order valence-corrected chi connectivity index (χ0v) is 21.6. The van der Waals surface area contributed by atoms with Gasteiger partial charge in [-0.3, -0.25) is 4.79 Å². The third-order valence-corrected chi connectivity index (χ3v) is 10.2. The van der Waals surface area contributed by atoms with Crippen molar-refractivity contribution in [2.75, 3.05) is 5.32 Å². The summed E-state index contributed by atoms with van der Waals surface area (Å²) in [5.41, 5.74) is 1.99. The molecule has 2 fully saturated rings. The van der Waals surface area contributed by atoms with Gasteiger partial charge in [-0.1, -0.05) is 35.3 Å². The van der Waals surface area contributed by atoms with Crippen LogP contribution in [0.4, 0.5) is 5.13 Å². The highest BCUT2D eigenvalue weighted by atomic mass is 35.5. The van der Waals surface area contributed by atoms with Crippen LogP contribution in [0.5, 0.6) is 5.75 Å². The van der Waals surface area contributed by atoms with E-state index in [-0.39, 0.29) is 34.9 Å². The Morgan fingerprint density at radius 3 is 2.88 bits per heavy atom. The molecule has 2 saturated carbocycles. The minimum Gasteiger partial charge on any atom is -0.505 e. The number of nitrogens with zero attached hydrogens (tertiary/aromatic N) is 2. The normalized spacial score (nSPS) is 31.9. The van der Waals surface area contributed by atoms with Crippen LogP contribution in [0.3, 0.4) is 0 Å². The molecule has 0 saturated heterocycles. The molecule has 0 bridgehead atoms. The minimum absolute atomic E-state index is 0.0334. The monoisotopic (exact) mass is 521 g/mol. The number of nitrogens with one attached hydrogen (secondary N) is 1. The summed E-state index contributed by atoms with van der Waals surface area (Å²) in [6.07, 6.45) is 7.22. The van der Waals surface area contributed by atoms with Gasteiger partial charge >= 0.3 is 0 Å². The van der Waals surface area contributed by atoms with Gasteiger partial charge in [0.2, 0.25) is 5.91 Å². The maximum atomic E-state index is 12.6. The zero-order valence-electron chi connectivity index (χ0n) is 19.3. The standard InChI is InChI=1S/C25H29Cl2N3O3S/c1-12-11-28-24(34-12)29-20(31)6-3-13-9-19(30-33)25(2)8-7-14-15(21(13)25)4-5-16-17(14)10-18(26)23(32)22(16)27/h10-11,13-15,19,21,32H,3-9H2,1-2H3,(H,28,29,31). The molecule has 6 nitrogen and oxygen atoms in total. The predicted molar refractivity (Wildman–Crippen MR) is 136 cm³/mol. The number of thiazole rings is 1. The maximum Gasteiger partial charge on any atom is 0.226 e. The predicted octanol–water partition coefficient (Wildman–Crippen LogP) is 7.10. The van der Waals surface area contributed by atoms with E-state index in [1.807, 2.05) is 13.0 Å². The number of anilines is 1. The summed E-state index contributed by atoms with van der Waals surface area (Å²) >= 11 is 14.3. The Kier molecular flexibility index (Phi) is 6.40. The van der Waals surface area contributed by atoms with Gasteiger partial charge in [0, 0.05) is 17.5 Å². The molecule has 2 N–H and O–H groups in total. The number of amides is 1. The van der Waals surface area contributed by atoms with Crippen LogP contribution in [0.15, 0.2) is 17.4 Å². The van der Waals surface area contributed by atoms with Gasteiger partial charge in [-0.2, -0.15) is 4.91 Å². The number of carbonyl (C=O) groups is 1. The third kappa shape index (κ3) is 3.94. The van der Waals surface area contributed by atoms with Gasteiger partial charge < -0.3 is 10.4 Å². The lowest BCUT2D eigenvalue weighted by molar-refractivity contribution is -0.116. The molecule has 9 heteroatoms. The lowest BCUT2D eigenvalue weighted by atomic mass is 9.53. The number of rotatable bonds is 5. The molecule has 1 aromatic carbocycles. The average Bonchev–Trinajstić information content (AvgIpc) is 3.35. The van der Waals surface area contributed by atoms with E-state index in [4.69, 9.17) is 23.2 Å². The lowest BCUT2D eigenvalue weighted by Crippen LogP contribution is -2.45. The van der Waals surface area contributed by atoms with Crippen molar-refractivity contribution < 1.29 is 9.90 Å². The van der Waals surface area contributed by atoms with E-state index >= 15 is 0 Å². The summed E-state index contributed by atoms with van der Waals surface area (Å²) in [6, 6.07) is 1.67. The van der Waals surface area contributed by atoms with Crippen molar-refractivity contribution in [1.29, 1.82) is 0 Å². The molecular weight excluding hydrogens is 493 g/mol. The van der Waals surface area contributed by atoms with Crippen LogP contribution in [-0.4, -0.2) is 22.0 Å². The second-order valence-electron chi connectivity index (χ2n) is 10.4. The van der Waals surface area contributed by atoms with Crippen molar-refractivity contribution in [3.8, 4) is 5.75 Å². The smallest absolute Gasteiger partial charge is 0.226 e. The fourth-order valence-corrected chi connectivity index (χ4v) is 8.51. The average molecular weight is 522 g/mol. The number of benzene rings is 1. The molecule has 182 valence electrons. The Bertz CT molecular complexity index is 1140. The van der Waals surface area contributed by atoms with E-state index in [2.05, 4.69) is 22.4 Å². The van der Waals surface area contributed by atoms with Gasteiger partial charge in [0.05, 0.1) is 16.1 Å². The zero-order chi connectivity index (χ0) is 24.2. The van der Waals surface area contributed by atoms with Crippen molar-refractivity contribution in [3.63, 3.8) is 0 Å². The fraction of sp³-hybridized carbons (Fsp3) is 0.600. The minimum atomic E-state index is -0.221. The van der Waals surface area contributed by atoms with E-state index in [0.717, 1.165) is 54.5 Å². The number of phenols is 1. The Labute approximate surface area is 213 Å². The summed E-state index contributed by atoms with van der Waals surface area (Å²) in [7, 11) is 0. The molecule has 1 amide bonds. The number of halogens is 2. The van der Waals surface area contributed by atoms with E-state index in [1.165, 1.54) is 11.3 Å². The maximum absolute atomic E-state index is 12.6. The number of carbonyl (C=O) groups excluding carboxylic acids is 1. The molecule has 6 unspecified atom stereocenters. The Hall–Kier alpha value is -1.70. The first-order chi connectivity index (χ1) is 16.2. The van der Waals surface area contributed by atoms with Crippen LogP contribution < -0.4 is 5.32 Å². The Balaban J connectivity index is 1.39. The Morgan fingerprint density at radius 2 is 2.18 bits per heavy atom. The molecule has 2 aromatic rings. The molecule has 1 heterocycles. The van der Waals surface area contributed by atoms with E-state index in [9.17, 15) is 14.8 Å². The first-order valence-electron chi connectivity index (χ1n) is 12.0. The van der Waals surface area contributed by atoms with Gasteiger partial charge in [0.15, 0.2) is 10.9 Å². The SMILES string of the molecule is Cc1cnc(NC(=O)CCC2CC(N=O)C3(C)CCC4c5cc(Cl)c(O)c(Cl)c5CCC4C23)s1. The van der Waals surface area contributed by atoms with Crippen molar-refractivity contribution in [3.05, 3.63) is 43.2 Å². The summed E-state index contributed by atoms with van der Waals surface area (Å²) in [5, 5.41) is 18.0. The molecular formula is C25H29Cl2N3O3S. The van der Waals surface area contributed by atoms with Crippen LogP contribution >= 0.6 is 34.5 Å². The first kappa shape index (κ1) is 24.0. The van der Waals surface area contributed by atoms with Crippen molar-refractivity contribution in [1.82, 2.24) is 4.98 Å². The van der Waals surface area contributed by atoms with Gasteiger partial charge in [-0.15, -0.1) is 11.3 Å². The number of hydrogen-bond donors (Lipinski definition) is 2. The fourth-order valence-electron chi connectivity index (χ4n) is 7.27. The van der Waals surface area contributed by atoms with Crippen molar-refractivity contribution in [2.24, 2.45) is 28.3 Å². The number of phenolic OH excluding ortho intramolecular Hbond substituents is 1. The number of nitroso groups, excluding NO2 is 1. The molecule has 5 rings (SSSR count). The molecule has 3 aliphatic carbocycles. The van der Waals surface area contributed by atoms with Crippen LogP contribution in [0.25, 0.3) is 0 Å². The number of aryl methyl sites for hydroxylation is 1. The van der Waals surface area contributed by atoms with Crippen molar-refractivity contribution >= 4 is 45.6 Å². The molecule has 3 aliphatic rings. The van der Waals surface area contributed by atoms with Gasteiger partial charge in [0.25, 0.3) is 0 Å². The van der Waals surface area contributed by atoms with Crippen molar-refractivity contribution in [2.45, 2.75) is 70.8 Å². The molecule has 0 radical (unpaired) electrons. The summed E-state index contributed by atoms with van der Waals surface area (Å²) < 4.78 is 0. The molecule has 0 spiro atoms. The van der Waals surface area contributed by atoms with Crippen LogP contribution in [-0.2, 0) is 11.2 Å². The van der Waals surface area contributed by atoms with Gasteiger partial charge in [-0.05, 0) is 91.7 Å². The molecule has 1 aromatic heterocycles. The summed E-state index contributed by atoms with van der Waals surface area (Å²) in [6.45, 7) is 4.19. The van der Waals surface area contributed by atoms with Gasteiger partial charge in [-0.25, -0.2) is 4.98 Å². The molecule has 0 aliphatic heterocycles. The number of hydrogen-bond acceptors (Lipinski definition) is 6. The summed E-state index contributed by atoms with van der Waals surface area (Å²) in [5.74, 6) is 1.17. The number of aromatic nitrogens is 1. The van der Waals surface area contributed by atoms with E-state index in [1.54, 1.807) is 6.20 Å². The second kappa shape index (κ2) is 9.07. The third-order valence-electron chi connectivity index (χ3n) is 8.72.